The van der Waals surface area contributed by atoms with E-state index in [-0.39, 0.29) is 23.5 Å². The van der Waals surface area contributed by atoms with Crippen LogP contribution in [0.15, 0.2) is 41.8 Å². The summed E-state index contributed by atoms with van der Waals surface area (Å²) in [4.78, 5) is 19.9. The van der Waals surface area contributed by atoms with Crippen molar-refractivity contribution >= 4 is 17.2 Å². The highest BCUT2D eigenvalue weighted by Crippen LogP contribution is 2.39. The summed E-state index contributed by atoms with van der Waals surface area (Å²) < 4.78 is 40.8. The Morgan fingerprint density at radius 2 is 2.03 bits per heavy atom. The van der Waals surface area contributed by atoms with Crippen LogP contribution in [0, 0.1) is 5.92 Å². The summed E-state index contributed by atoms with van der Waals surface area (Å²) in [5, 5.41) is 6.18. The average Bonchev–Trinajstić information content (AvgIpc) is 3.40. The van der Waals surface area contributed by atoms with E-state index in [0.717, 1.165) is 36.3 Å². The number of hydrogen-bond donors (Lipinski definition) is 0. The van der Waals surface area contributed by atoms with E-state index >= 15 is 0 Å². The first-order valence-electron chi connectivity index (χ1n) is 9.41. The Morgan fingerprint density at radius 3 is 2.76 bits per heavy atom. The predicted octanol–water partition coefficient (Wildman–Crippen LogP) is 4.64. The lowest BCUT2D eigenvalue weighted by atomic mass is 9.92. The van der Waals surface area contributed by atoms with E-state index < -0.39 is 11.7 Å². The van der Waals surface area contributed by atoms with Crippen molar-refractivity contribution in [2.24, 2.45) is 5.92 Å². The van der Waals surface area contributed by atoms with Gasteiger partial charge in [0.05, 0.1) is 16.1 Å². The summed E-state index contributed by atoms with van der Waals surface area (Å²) in [6.07, 6.45) is -1.22. The van der Waals surface area contributed by atoms with E-state index in [4.69, 9.17) is 0 Å². The summed E-state index contributed by atoms with van der Waals surface area (Å²) in [5.74, 6) is 0.695. The van der Waals surface area contributed by atoms with Gasteiger partial charge in [-0.1, -0.05) is 18.6 Å². The number of nitrogens with zero attached hydrogens (tertiary/aromatic N) is 4. The maximum atomic E-state index is 13.2. The summed E-state index contributed by atoms with van der Waals surface area (Å²) in [6, 6.07) is 8.78. The molecule has 3 aromatic rings. The molecule has 1 aromatic carbocycles. The number of rotatable bonds is 3. The van der Waals surface area contributed by atoms with Crippen molar-refractivity contribution in [3.63, 3.8) is 0 Å². The number of benzene rings is 1. The topological polar surface area (TPSA) is 51.0 Å². The summed E-state index contributed by atoms with van der Waals surface area (Å²) in [7, 11) is 0. The van der Waals surface area contributed by atoms with Gasteiger partial charge in [0.1, 0.15) is 0 Å². The zero-order chi connectivity index (χ0) is 20.2. The number of halogens is 3. The lowest BCUT2D eigenvalue weighted by Crippen LogP contribution is -2.56. The van der Waals surface area contributed by atoms with Crippen molar-refractivity contribution in [1.82, 2.24) is 19.7 Å². The van der Waals surface area contributed by atoms with Crippen molar-refractivity contribution < 1.29 is 18.0 Å². The van der Waals surface area contributed by atoms with Crippen LogP contribution in [-0.2, 0) is 6.18 Å². The third kappa shape index (κ3) is 3.13. The highest BCUT2D eigenvalue weighted by Gasteiger charge is 2.45. The third-order valence-electron chi connectivity index (χ3n) is 5.67. The van der Waals surface area contributed by atoms with Gasteiger partial charge in [-0.25, -0.2) is 9.67 Å². The minimum absolute atomic E-state index is 0.0242. The Morgan fingerprint density at radius 1 is 1.17 bits per heavy atom. The van der Waals surface area contributed by atoms with E-state index in [2.05, 4.69) is 10.1 Å². The quantitative estimate of drug-likeness (QED) is 0.623. The smallest absolute Gasteiger partial charge is 0.332 e. The average molecular weight is 418 g/mol. The molecule has 0 spiro atoms. The Balaban J connectivity index is 1.55. The highest BCUT2D eigenvalue weighted by atomic mass is 32.1. The van der Waals surface area contributed by atoms with Gasteiger partial charge in [-0.05, 0) is 48.4 Å². The Kier molecular flexibility index (Phi) is 4.23. The summed E-state index contributed by atoms with van der Waals surface area (Å²) in [6.45, 7) is 0.704. The first-order valence-corrected chi connectivity index (χ1v) is 10.3. The van der Waals surface area contributed by atoms with Crippen LogP contribution in [0.25, 0.3) is 16.4 Å². The van der Waals surface area contributed by atoms with Crippen LogP contribution in [0.2, 0.25) is 0 Å². The number of hydrogen-bond acceptors (Lipinski definition) is 4. The van der Waals surface area contributed by atoms with E-state index in [1.807, 2.05) is 17.5 Å². The number of amides is 1. The molecule has 2 atom stereocenters. The van der Waals surface area contributed by atoms with Gasteiger partial charge in [0.2, 0.25) is 5.82 Å². The molecule has 0 N–H and O–H groups in total. The Labute approximate surface area is 168 Å². The van der Waals surface area contributed by atoms with Crippen LogP contribution >= 0.6 is 11.3 Å². The second kappa shape index (κ2) is 6.69. The Hall–Kier alpha value is -2.68. The van der Waals surface area contributed by atoms with Crippen LogP contribution in [0.4, 0.5) is 13.2 Å². The zero-order valence-electron chi connectivity index (χ0n) is 15.3. The maximum Gasteiger partial charge on any atom is 0.416 e. The molecule has 5 nitrogen and oxygen atoms in total. The van der Waals surface area contributed by atoms with E-state index in [1.54, 1.807) is 4.90 Å². The Bertz CT molecular complexity index is 1060. The molecule has 9 heteroatoms. The fraction of sp³-hybridized carbons (Fsp3) is 0.350. The number of aromatic nitrogens is 3. The molecule has 29 heavy (non-hydrogen) atoms. The molecule has 150 valence electrons. The SMILES string of the molecule is O=C(c1nc(-c2cccs2)n(-c2cccc(C(F)(F)F)c2)n1)N1CC2CCCC21. The monoisotopic (exact) mass is 418 g/mol. The molecule has 2 aromatic heterocycles. The van der Waals surface area contributed by atoms with Crippen molar-refractivity contribution in [2.45, 2.75) is 31.5 Å². The summed E-state index contributed by atoms with van der Waals surface area (Å²) >= 11 is 1.39. The summed E-state index contributed by atoms with van der Waals surface area (Å²) in [5.41, 5.74) is -0.552. The number of likely N-dealkylation sites (tertiary alicyclic amines) is 1. The molecule has 0 bridgehead atoms. The lowest BCUT2D eigenvalue weighted by Gasteiger charge is -2.43. The molecule has 2 aliphatic rings. The molecule has 1 amide bonds. The first kappa shape index (κ1) is 18.4. The van der Waals surface area contributed by atoms with Crippen LogP contribution in [0.1, 0.15) is 35.4 Å². The number of thiophene rings is 1. The predicted molar refractivity (Wildman–Crippen MR) is 102 cm³/mol. The standard InChI is InChI=1S/C20H17F3N4OS/c21-20(22,23)13-5-2-6-14(10-13)27-18(16-8-3-9-29-16)24-17(25-27)19(28)26-11-12-4-1-7-15(12)26/h2-3,5-6,8-10,12,15H,1,4,7,11H2. The van der Waals surface area contributed by atoms with Gasteiger partial charge in [0, 0.05) is 12.6 Å². The van der Waals surface area contributed by atoms with Crippen LogP contribution in [0.3, 0.4) is 0 Å². The highest BCUT2D eigenvalue weighted by molar-refractivity contribution is 7.13. The number of alkyl halides is 3. The first-order chi connectivity index (χ1) is 13.9. The maximum absolute atomic E-state index is 13.2. The second-order valence-corrected chi connectivity index (χ2v) is 8.36. The number of carbonyl (C=O) groups excluding carboxylic acids is 1. The molecule has 1 aliphatic heterocycles. The molecule has 3 heterocycles. The largest absolute Gasteiger partial charge is 0.416 e. The molecule has 2 unspecified atom stereocenters. The molecule has 1 aliphatic carbocycles. The number of fused-ring (bicyclic) bond motifs is 1. The van der Waals surface area contributed by atoms with Crippen molar-refractivity contribution in [2.75, 3.05) is 6.54 Å². The van der Waals surface area contributed by atoms with Crippen molar-refractivity contribution in [3.8, 4) is 16.4 Å². The molecule has 0 radical (unpaired) electrons. The third-order valence-corrected chi connectivity index (χ3v) is 6.54. The van der Waals surface area contributed by atoms with Gasteiger partial charge in [0.15, 0.2) is 5.82 Å². The van der Waals surface area contributed by atoms with Gasteiger partial charge >= 0.3 is 6.18 Å². The van der Waals surface area contributed by atoms with Crippen LogP contribution in [-0.4, -0.2) is 38.2 Å². The van der Waals surface area contributed by atoms with E-state index in [0.29, 0.717) is 18.3 Å². The number of carbonyl (C=O) groups is 1. The van der Waals surface area contributed by atoms with E-state index in [1.165, 1.54) is 28.2 Å². The van der Waals surface area contributed by atoms with Crippen molar-refractivity contribution in [1.29, 1.82) is 0 Å². The minimum atomic E-state index is -4.46. The fourth-order valence-electron chi connectivity index (χ4n) is 4.21. The lowest BCUT2D eigenvalue weighted by molar-refractivity contribution is -0.137. The molecule has 1 saturated heterocycles. The van der Waals surface area contributed by atoms with Crippen molar-refractivity contribution in [3.05, 3.63) is 53.2 Å². The van der Waals surface area contributed by atoms with Gasteiger partial charge in [-0.15, -0.1) is 16.4 Å². The van der Waals surface area contributed by atoms with Gasteiger partial charge in [-0.3, -0.25) is 4.79 Å². The normalized spacial score (nSPS) is 21.1. The second-order valence-electron chi connectivity index (χ2n) is 7.41. The molecular formula is C20H17F3N4OS. The van der Waals surface area contributed by atoms with Gasteiger partial charge < -0.3 is 4.90 Å². The van der Waals surface area contributed by atoms with E-state index in [9.17, 15) is 18.0 Å². The van der Waals surface area contributed by atoms with Gasteiger partial charge in [-0.2, -0.15) is 13.2 Å². The minimum Gasteiger partial charge on any atom is -0.332 e. The molecular weight excluding hydrogens is 401 g/mol. The molecule has 2 fully saturated rings. The molecule has 1 saturated carbocycles. The zero-order valence-corrected chi connectivity index (χ0v) is 16.1. The van der Waals surface area contributed by atoms with Gasteiger partial charge in [0.25, 0.3) is 5.91 Å². The fourth-order valence-corrected chi connectivity index (χ4v) is 4.91. The van der Waals surface area contributed by atoms with Crippen LogP contribution in [0.5, 0.6) is 0 Å². The molecule has 5 rings (SSSR count). The van der Waals surface area contributed by atoms with Crippen LogP contribution < -0.4 is 0 Å².